The number of carbonyl (C=O) groups is 1. The molecule has 0 aliphatic rings. The number of benzene rings is 1. The molecular weight excluding hydrogens is 278 g/mol. The molecule has 0 fully saturated rings. The quantitative estimate of drug-likeness (QED) is 0.257. The van der Waals surface area contributed by atoms with Gasteiger partial charge >= 0.3 is 0 Å². The maximum Gasteiger partial charge on any atom is 0.242 e. The Bertz CT molecular complexity index is 550. The molecule has 108 valence electrons. The standard InChI is InChI=1S/C13H17N3O3S/c1-13(2,3)19-11(15-16-12(14)20)9-6-4-5-8(7-17)10(9)18/h4-7,18H,1-3H3,(H3,14,16,20). The van der Waals surface area contributed by atoms with Crippen LogP contribution in [0.2, 0.25) is 0 Å². The molecule has 0 saturated carbocycles. The van der Waals surface area contributed by atoms with E-state index in [0.29, 0.717) is 6.29 Å². The fourth-order valence-electron chi connectivity index (χ4n) is 1.36. The summed E-state index contributed by atoms with van der Waals surface area (Å²) in [6.07, 6.45) is 0.550. The minimum Gasteiger partial charge on any atom is -0.506 e. The maximum absolute atomic E-state index is 10.9. The Morgan fingerprint density at radius 3 is 2.65 bits per heavy atom. The first kappa shape index (κ1) is 15.9. The van der Waals surface area contributed by atoms with Crippen molar-refractivity contribution < 1.29 is 14.6 Å². The third kappa shape index (κ3) is 4.51. The topological polar surface area (TPSA) is 96.9 Å². The van der Waals surface area contributed by atoms with Gasteiger partial charge in [0, 0.05) is 0 Å². The molecule has 1 aromatic rings. The van der Waals surface area contributed by atoms with E-state index < -0.39 is 5.60 Å². The molecule has 0 aliphatic heterocycles. The monoisotopic (exact) mass is 295 g/mol. The van der Waals surface area contributed by atoms with Crippen molar-refractivity contribution in [3.8, 4) is 5.75 Å². The third-order valence-electron chi connectivity index (χ3n) is 2.10. The first-order chi connectivity index (χ1) is 9.24. The Labute approximate surface area is 122 Å². The number of hydrogen-bond donors (Lipinski definition) is 3. The highest BCUT2D eigenvalue weighted by Gasteiger charge is 2.20. The second-order valence-electron chi connectivity index (χ2n) is 4.97. The van der Waals surface area contributed by atoms with Gasteiger partial charge in [-0.3, -0.25) is 10.2 Å². The number of aldehydes is 1. The molecule has 0 saturated heterocycles. The number of para-hydroxylation sites is 1. The van der Waals surface area contributed by atoms with Crippen LogP contribution < -0.4 is 11.2 Å². The number of hydrogen-bond acceptors (Lipinski definition) is 5. The average Bonchev–Trinajstić information content (AvgIpc) is 2.33. The number of aromatic hydroxyl groups is 1. The Morgan fingerprint density at radius 2 is 2.15 bits per heavy atom. The van der Waals surface area contributed by atoms with Crippen LogP contribution in [-0.2, 0) is 4.74 Å². The van der Waals surface area contributed by atoms with Crippen molar-refractivity contribution >= 4 is 29.5 Å². The molecule has 0 radical (unpaired) electrons. The predicted octanol–water partition coefficient (Wildman–Crippen LogP) is 1.51. The molecule has 0 bridgehead atoms. The lowest BCUT2D eigenvalue weighted by Crippen LogP contribution is -2.30. The molecule has 0 unspecified atom stereocenters. The predicted molar refractivity (Wildman–Crippen MR) is 80.8 cm³/mol. The molecule has 0 aliphatic carbocycles. The van der Waals surface area contributed by atoms with E-state index in [1.807, 2.05) is 20.8 Å². The summed E-state index contributed by atoms with van der Waals surface area (Å²) in [5, 5.41) is 13.9. The molecule has 0 atom stereocenters. The van der Waals surface area contributed by atoms with E-state index >= 15 is 0 Å². The fraction of sp³-hybridized carbons (Fsp3) is 0.308. The summed E-state index contributed by atoms with van der Waals surface area (Å²) in [5.74, 6) is -0.123. The van der Waals surface area contributed by atoms with Gasteiger partial charge in [0.05, 0.1) is 11.1 Å². The smallest absolute Gasteiger partial charge is 0.242 e. The summed E-state index contributed by atoms with van der Waals surface area (Å²) >= 11 is 4.67. The highest BCUT2D eigenvalue weighted by Crippen LogP contribution is 2.24. The van der Waals surface area contributed by atoms with E-state index in [1.54, 1.807) is 12.1 Å². The zero-order chi connectivity index (χ0) is 15.3. The minimum atomic E-state index is -0.555. The van der Waals surface area contributed by atoms with Crippen molar-refractivity contribution in [2.24, 2.45) is 10.8 Å². The van der Waals surface area contributed by atoms with E-state index in [0.717, 1.165) is 0 Å². The number of nitrogens with one attached hydrogen (secondary N) is 1. The van der Waals surface area contributed by atoms with Crippen LogP contribution in [-0.4, -0.2) is 28.0 Å². The SMILES string of the molecule is CC(C)(C)OC(=NNC(N)=S)c1cccc(C=O)c1O. The molecule has 4 N–H and O–H groups in total. The summed E-state index contributed by atoms with van der Waals surface area (Å²) in [4.78, 5) is 10.9. The molecule has 0 aromatic heterocycles. The molecule has 0 spiro atoms. The molecule has 20 heavy (non-hydrogen) atoms. The second kappa shape index (κ2) is 6.33. The van der Waals surface area contributed by atoms with Crippen molar-refractivity contribution in [2.45, 2.75) is 26.4 Å². The van der Waals surface area contributed by atoms with Gasteiger partial charge in [-0.25, -0.2) is 0 Å². The van der Waals surface area contributed by atoms with Gasteiger partial charge in [0.15, 0.2) is 11.4 Å². The van der Waals surface area contributed by atoms with E-state index in [-0.39, 0.29) is 27.9 Å². The van der Waals surface area contributed by atoms with Gasteiger partial charge in [-0.2, -0.15) is 0 Å². The van der Waals surface area contributed by atoms with Crippen LogP contribution in [0.3, 0.4) is 0 Å². The van der Waals surface area contributed by atoms with Crippen LogP contribution >= 0.6 is 12.2 Å². The van der Waals surface area contributed by atoms with Gasteiger partial charge in [0.2, 0.25) is 5.90 Å². The molecule has 6 nitrogen and oxygen atoms in total. The zero-order valence-corrected chi connectivity index (χ0v) is 12.3. The first-order valence-corrected chi connectivity index (χ1v) is 6.25. The Morgan fingerprint density at radius 1 is 1.50 bits per heavy atom. The number of rotatable bonds is 3. The molecule has 1 rings (SSSR count). The number of carbonyl (C=O) groups excluding carboxylic acids is 1. The Hall–Kier alpha value is -2.15. The van der Waals surface area contributed by atoms with Crippen LogP contribution in [0.1, 0.15) is 36.7 Å². The molecule has 7 heteroatoms. The van der Waals surface area contributed by atoms with Gasteiger partial charge in [-0.15, -0.1) is 5.10 Å². The molecular formula is C13H17N3O3S. The fourth-order valence-corrected chi connectivity index (χ4v) is 1.41. The van der Waals surface area contributed by atoms with Gasteiger partial charge in [-0.1, -0.05) is 6.07 Å². The second-order valence-corrected chi connectivity index (χ2v) is 5.41. The zero-order valence-electron chi connectivity index (χ0n) is 11.5. The van der Waals surface area contributed by atoms with Gasteiger partial charge < -0.3 is 15.6 Å². The molecule has 1 aromatic carbocycles. The Kier molecular flexibility index (Phi) is 5.04. The summed E-state index contributed by atoms with van der Waals surface area (Å²) in [6, 6.07) is 4.68. The average molecular weight is 295 g/mol. The van der Waals surface area contributed by atoms with E-state index in [9.17, 15) is 9.90 Å². The summed E-state index contributed by atoms with van der Waals surface area (Å²) in [7, 11) is 0. The lowest BCUT2D eigenvalue weighted by Gasteiger charge is -2.23. The van der Waals surface area contributed by atoms with E-state index in [2.05, 4.69) is 22.7 Å². The van der Waals surface area contributed by atoms with Crippen LogP contribution in [0.25, 0.3) is 0 Å². The van der Waals surface area contributed by atoms with Crippen molar-refractivity contribution in [3.05, 3.63) is 29.3 Å². The van der Waals surface area contributed by atoms with Gasteiger partial charge in [0.25, 0.3) is 0 Å². The van der Waals surface area contributed by atoms with Crippen LogP contribution in [0.15, 0.2) is 23.3 Å². The van der Waals surface area contributed by atoms with Crippen LogP contribution in [0.4, 0.5) is 0 Å². The molecule has 0 heterocycles. The summed E-state index contributed by atoms with van der Waals surface area (Å²) < 4.78 is 5.65. The van der Waals surface area contributed by atoms with E-state index in [4.69, 9.17) is 10.5 Å². The highest BCUT2D eigenvalue weighted by atomic mass is 32.1. The number of ether oxygens (including phenoxy) is 1. The molecule has 0 amide bonds. The number of nitrogens with two attached hydrogens (primary N) is 1. The van der Waals surface area contributed by atoms with Crippen LogP contribution in [0.5, 0.6) is 5.75 Å². The highest BCUT2D eigenvalue weighted by molar-refractivity contribution is 7.80. The van der Waals surface area contributed by atoms with E-state index in [1.165, 1.54) is 6.07 Å². The van der Waals surface area contributed by atoms with Crippen molar-refractivity contribution in [1.82, 2.24) is 5.43 Å². The lowest BCUT2D eigenvalue weighted by molar-refractivity contribution is 0.112. The number of nitrogens with zero attached hydrogens (tertiary/aromatic N) is 1. The maximum atomic E-state index is 10.9. The number of thiocarbonyl (C=S) groups is 1. The first-order valence-electron chi connectivity index (χ1n) is 5.84. The number of hydrazone groups is 1. The number of phenols is 1. The Balaban J connectivity index is 3.26. The summed E-state index contributed by atoms with van der Waals surface area (Å²) in [5.41, 5.74) is 7.58. The van der Waals surface area contributed by atoms with Crippen molar-refractivity contribution in [3.63, 3.8) is 0 Å². The van der Waals surface area contributed by atoms with Crippen molar-refractivity contribution in [1.29, 1.82) is 0 Å². The summed E-state index contributed by atoms with van der Waals surface area (Å²) in [6.45, 7) is 5.47. The van der Waals surface area contributed by atoms with Gasteiger partial charge in [-0.05, 0) is 45.1 Å². The normalized spacial score (nSPS) is 11.8. The van der Waals surface area contributed by atoms with Gasteiger partial charge in [0.1, 0.15) is 11.4 Å². The van der Waals surface area contributed by atoms with Crippen molar-refractivity contribution in [2.75, 3.05) is 0 Å². The third-order valence-corrected chi connectivity index (χ3v) is 2.19. The largest absolute Gasteiger partial charge is 0.506 e. The lowest BCUT2D eigenvalue weighted by atomic mass is 10.1. The van der Waals surface area contributed by atoms with Crippen LogP contribution in [0, 0.1) is 0 Å². The minimum absolute atomic E-state index is 0.0361. The number of phenolic OH excluding ortho intramolecular Hbond substituents is 1.